The first-order valence-corrected chi connectivity index (χ1v) is 11.5. The maximum atomic E-state index is 12.8. The van der Waals surface area contributed by atoms with Gasteiger partial charge in [-0.1, -0.05) is 6.07 Å². The number of carbonyl (C=O) groups excluding carboxylic acids is 1. The predicted octanol–water partition coefficient (Wildman–Crippen LogP) is 4.63. The van der Waals surface area contributed by atoms with Crippen molar-refractivity contribution in [2.75, 3.05) is 23.3 Å². The number of rotatable bonds is 5. The van der Waals surface area contributed by atoms with Crippen molar-refractivity contribution in [1.29, 1.82) is 0 Å². The average Bonchev–Trinajstić information content (AvgIpc) is 3.57. The number of carbonyl (C=O) groups is 1. The number of hydrogen-bond acceptors (Lipinski definition) is 7. The summed E-state index contributed by atoms with van der Waals surface area (Å²) in [6.07, 6.45) is 7.44. The van der Waals surface area contributed by atoms with Crippen LogP contribution in [0.5, 0.6) is 0 Å². The van der Waals surface area contributed by atoms with E-state index >= 15 is 0 Å². The van der Waals surface area contributed by atoms with Crippen LogP contribution in [0.2, 0.25) is 0 Å². The molecule has 5 heterocycles. The molecule has 4 aromatic rings. The third kappa shape index (κ3) is 3.86. The van der Waals surface area contributed by atoms with Crippen LogP contribution in [0.3, 0.4) is 0 Å². The van der Waals surface area contributed by atoms with Gasteiger partial charge in [0.25, 0.3) is 5.91 Å². The summed E-state index contributed by atoms with van der Waals surface area (Å²) in [6, 6.07) is 7.73. The number of thiazole rings is 1. The Balaban J connectivity index is 1.29. The standard InChI is InChI=1S/C21H20N6OS2/c28-20(17-12-30-21(26-17)18-4-2-10-29-18)25-15-3-1-7-23-19(15)27-8-5-14(6-9-27)16-11-22-13-24-16/h1-4,7,10-14H,5-6,8-9H2,(H,22,24)(H,25,28). The minimum atomic E-state index is -0.212. The van der Waals surface area contributed by atoms with Gasteiger partial charge in [0.15, 0.2) is 5.82 Å². The molecule has 5 rings (SSSR count). The molecule has 1 saturated heterocycles. The van der Waals surface area contributed by atoms with E-state index in [0.29, 0.717) is 17.3 Å². The van der Waals surface area contributed by atoms with Crippen molar-refractivity contribution in [1.82, 2.24) is 19.9 Å². The highest BCUT2D eigenvalue weighted by atomic mass is 32.1. The Bertz CT molecular complexity index is 1110. The lowest BCUT2D eigenvalue weighted by molar-refractivity contribution is 0.102. The van der Waals surface area contributed by atoms with Crippen molar-refractivity contribution in [3.05, 3.63) is 65.1 Å². The Hall–Kier alpha value is -3.04. The lowest BCUT2D eigenvalue weighted by Gasteiger charge is -2.33. The van der Waals surface area contributed by atoms with Gasteiger partial charge in [0.05, 0.1) is 16.9 Å². The highest BCUT2D eigenvalue weighted by molar-refractivity contribution is 7.20. The van der Waals surface area contributed by atoms with Gasteiger partial charge in [-0.05, 0) is 36.4 Å². The number of nitrogens with one attached hydrogen (secondary N) is 2. The fraction of sp³-hybridized carbons (Fsp3) is 0.238. The zero-order chi connectivity index (χ0) is 20.3. The van der Waals surface area contributed by atoms with E-state index in [1.165, 1.54) is 17.0 Å². The fourth-order valence-electron chi connectivity index (χ4n) is 3.72. The molecule has 0 bridgehead atoms. The van der Waals surface area contributed by atoms with Crippen molar-refractivity contribution in [3.8, 4) is 9.88 Å². The van der Waals surface area contributed by atoms with Crippen LogP contribution in [-0.2, 0) is 0 Å². The zero-order valence-electron chi connectivity index (χ0n) is 16.1. The van der Waals surface area contributed by atoms with Gasteiger partial charge in [0.2, 0.25) is 0 Å². The topological polar surface area (TPSA) is 86.8 Å². The molecule has 1 amide bonds. The number of anilines is 2. The molecule has 1 aliphatic rings. The zero-order valence-corrected chi connectivity index (χ0v) is 17.7. The molecule has 7 nitrogen and oxygen atoms in total. The van der Waals surface area contributed by atoms with E-state index in [9.17, 15) is 4.79 Å². The minimum Gasteiger partial charge on any atom is -0.355 e. The Morgan fingerprint density at radius 1 is 1.20 bits per heavy atom. The number of imidazole rings is 1. The number of pyridine rings is 1. The molecule has 0 saturated carbocycles. The van der Waals surface area contributed by atoms with E-state index in [2.05, 4.69) is 30.2 Å². The number of aromatic amines is 1. The third-order valence-electron chi connectivity index (χ3n) is 5.26. The Morgan fingerprint density at radius 2 is 2.10 bits per heavy atom. The summed E-state index contributed by atoms with van der Waals surface area (Å²) < 4.78 is 0. The molecule has 0 spiro atoms. The van der Waals surface area contributed by atoms with E-state index in [-0.39, 0.29) is 5.91 Å². The molecule has 30 heavy (non-hydrogen) atoms. The number of hydrogen-bond donors (Lipinski definition) is 2. The summed E-state index contributed by atoms with van der Waals surface area (Å²) in [5.41, 5.74) is 2.33. The highest BCUT2D eigenvalue weighted by Gasteiger charge is 2.24. The van der Waals surface area contributed by atoms with Crippen LogP contribution >= 0.6 is 22.7 Å². The third-order valence-corrected chi connectivity index (χ3v) is 7.14. The van der Waals surface area contributed by atoms with E-state index in [1.54, 1.807) is 29.2 Å². The second kappa shape index (κ2) is 8.37. The van der Waals surface area contributed by atoms with Crippen molar-refractivity contribution in [2.45, 2.75) is 18.8 Å². The number of piperidine rings is 1. The molecule has 0 atom stereocenters. The second-order valence-corrected chi connectivity index (χ2v) is 8.92. The summed E-state index contributed by atoms with van der Waals surface area (Å²) in [6.45, 7) is 1.76. The Kier molecular flexibility index (Phi) is 5.29. The summed E-state index contributed by atoms with van der Waals surface area (Å²) in [5, 5.41) is 7.68. The lowest BCUT2D eigenvalue weighted by Crippen LogP contribution is -2.34. The maximum absolute atomic E-state index is 12.8. The van der Waals surface area contributed by atoms with Crippen molar-refractivity contribution >= 4 is 40.1 Å². The van der Waals surface area contributed by atoms with E-state index in [1.807, 2.05) is 35.8 Å². The largest absolute Gasteiger partial charge is 0.355 e. The molecule has 0 unspecified atom stereocenters. The van der Waals surface area contributed by atoms with Crippen molar-refractivity contribution in [3.63, 3.8) is 0 Å². The van der Waals surface area contributed by atoms with Crippen molar-refractivity contribution < 1.29 is 4.79 Å². The maximum Gasteiger partial charge on any atom is 0.275 e. The lowest BCUT2D eigenvalue weighted by atomic mass is 9.94. The molecule has 0 radical (unpaired) electrons. The predicted molar refractivity (Wildman–Crippen MR) is 120 cm³/mol. The molecule has 1 aliphatic heterocycles. The van der Waals surface area contributed by atoms with Gasteiger partial charge in [-0.3, -0.25) is 4.79 Å². The van der Waals surface area contributed by atoms with Crippen LogP contribution in [0.15, 0.2) is 53.7 Å². The van der Waals surface area contributed by atoms with Gasteiger partial charge >= 0.3 is 0 Å². The highest BCUT2D eigenvalue weighted by Crippen LogP contribution is 2.32. The molecular weight excluding hydrogens is 416 g/mol. The second-order valence-electron chi connectivity index (χ2n) is 7.11. The van der Waals surface area contributed by atoms with Crippen molar-refractivity contribution in [2.24, 2.45) is 0 Å². The first-order chi connectivity index (χ1) is 14.8. The van der Waals surface area contributed by atoms with Gasteiger partial charge in [-0.2, -0.15) is 0 Å². The summed E-state index contributed by atoms with van der Waals surface area (Å²) >= 11 is 3.10. The van der Waals surface area contributed by atoms with Crippen LogP contribution in [0, 0.1) is 0 Å². The minimum absolute atomic E-state index is 0.212. The SMILES string of the molecule is O=C(Nc1cccnc1N1CCC(c2cnc[nH]2)CC1)c1csc(-c2cccs2)n1. The summed E-state index contributed by atoms with van der Waals surface area (Å²) in [5.74, 6) is 1.08. The first kappa shape index (κ1) is 19.0. The van der Waals surface area contributed by atoms with Crippen LogP contribution in [0.1, 0.15) is 34.9 Å². The quantitative estimate of drug-likeness (QED) is 0.476. The molecule has 2 N–H and O–H groups in total. The van der Waals surface area contributed by atoms with Gasteiger partial charge < -0.3 is 15.2 Å². The van der Waals surface area contributed by atoms with Crippen LogP contribution in [-0.4, -0.2) is 38.9 Å². The van der Waals surface area contributed by atoms with E-state index in [4.69, 9.17) is 0 Å². The molecule has 152 valence electrons. The first-order valence-electron chi connectivity index (χ1n) is 9.77. The molecule has 1 fully saturated rings. The number of H-pyrrole nitrogens is 1. The Labute approximate surface area is 181 Å². The Morgan fingerprint density at radius 3 is 2.87 bits per heavy atom. The van der Waals surface area contributed by atoms with Crippen LogP contribution in [0.25, 0.3) is 9.88 Å². The van der Waals surface area contributed by atoms with Gasteiger partial charge in [0.1, 0.15) is 10.7 Å². The number of amides is 1. The summed E-state index contributed by atoms with van der Waals surface area (Å²) in [4.78, 5) is 32.5. The normalized spacial score (nSPS) is 14.7. The molecule has 9 heteroatoms. The van der Waals surface area contributed by atoms with Gasteiger partial charge in [0, 0.05) is 42.5 Å². The average molecular weight is 437 g/mol. The molecule has 0 aliphatic carbocycles. The van der Waals surface area contributed by atoms with Gasteiger partial charge in [-0.15, -0.1) is 22.7 Å². The van der Waals surface area contributed by atoms with E-state index in [0.717, 1.165) is 41.6 Å². The van der Waals surface area contributed by atoms with Gasteiger partial charge in [-0.25, -0.2) is 15.0 Å². The summed E-state index contributed by atoms with van der Waals surface area (Å²) in [7, 11) is 0. The molecule has 0 aromatic carbocycles. The monoisotopic (exact) mass is 436 g/mol. The smallest absolute Gasteiger partial charge is 0.275 e. The molecular formula is C21H20N6OS2. The van der Waals surface area contributed by atoms with Crippen LogP contribution < -0.4 is 10.2 Å². The number of nitrogens with zero attached hydrogens (tertiary/aromatic N) is 4. The fourth-order valence-corrected chi connectivity index (χ4v) is 5.33. The van der Waals surface area contributed by atoms with Crippen LogP contribution in [0.4, 0.5) is 11.5 Å². The number of aromatic nitrogens is 4. The number of thiophene rings is 1. The molecule has 4 aromatic heterocycles. The van der Waals surface area contributed by atoms with E-state index < -0.39 is 0 Å².